The molecule has 3 heterocycles. The highest BCUT2D eigenvalue weighted by molar-refractivity contribution is 5.80. The van der Waals surface area contributed by atoms with E-state index in [9.17, 15) is 0 Å². The van der Waals surface area contributed by atoms with Gasteiger partial charge < -0.3 is 0 Å². The molecular formula is C21H15N3. The Balaban J connectivity index is 1.92. The molecule has 3 heteroatoms. The van der Waals surface area contributed by atoms with Gasteiger partial charge in [-0.1, -0.05) is 18.2 Å². The monoisotopic (exact) mass is 309 g/mol. The van der Waals surface area contributed by atoms with Crippen molar-refractivity contribution < 1.29 is 0 Å². The van der Waals surface area contributed by atoms with Crippen LogP contribution < -0.4 is 0 Å². The highest BCUT2D eigenvalue weighted by Gasteiger charge is 2.07. The number of rotatable bonds is 3. The molecule has 0 radical (unpaired) electrons. The molecule has 24 heavy (non-hydrogen) atoms. The first-order valence-corrected chi connectivity index (χ1v) is 7.76. The summed E-state index contributed by atoms with van der Waals surface area (Å²) in [6, 6.07) is 18.6. The van der Waals surface area contributed by atoms with E-state index in [0.717, 1.165) is 33.4 Å². The molecule has 0 saturated heterocycles. The molecular weight excluding hydrogens is 294 g/mol. The Morgan fingerprint density at radius 3 is 1.00 bits per heavy atom. The molecule has 0 aliphatic rings. The van der Waals surface area contributed by atoms with Gasteiger partial charge in [-0.05, 0) is 53.1 Å². The second-order valence-electron chi connectivity index (χ2n) is 5.52. The summed E-state index contributed by atoms with van der Waals surface area (Å²) in [6.45, 7) is 0. The fraction of sp³-hybridized carbons (Fsp3) is 0. The maximum atomic E-state index is 4.24. The Morgan fingerprint density at radius 1 is 0.417 bits per heavy atom. The Hall–Kier alpha value is -3.33. The van der Waals surface area contributed by atoms with Crippen LogP contribution in [0.15, 0.2) is 91.8 Å². The molecule has 0 aliphatic carbocycles. The first-order valence-electron chi connectivity index (χ1n) is 7.76. The zero-order chi connectivity index (χ0) is 16.2. The summed E-state index contributed by atoms with van der Waals surface area (Å²) in [5.41, 5.74) is 6.66. The molecule has 0 unspecified atom stereocenters. The van der Waals surface area contributed by atoms with Crippen LogP contribution in [0.4, 0.5) is 0 Å². The zero-order valence-corrected chi connectivity index (χ0v) is 13.0. The molecule has 0 bridgehead atoms. The van der Waals surface area contributed by atoms with E-state index in [-0.39, 0.29) is 0 Å². The van der Waals surface area contributed by atoms with Crippen LogP contribution in [0.5, 0.6) is 0 Å². The molecule has 0 N–H and O–H groups in total. The van der Waals surface area contributed by atoms with E-state index in [4.69, 9.17) is 0 Å². The van der Waals surface area contributed by atoms with Crippen LogP contribution in [0.25, 0.3) is 33.4 Å². The Morgan fingerprint density at radius 2 is 0.750 bits per heavy atom. The van der Waals surface area contributed by atoms with E-state index in [1.54, 1.807) is 18.6 Å². The van der Waals surface area contributed by atoms with Gasteiger partial charge in [-0.25, -0.2) is 0 Å². The molecule has 0 amide bonds. The Labute approximate surface area is 140 Å². The van der Waals surface area contributed by atoms with Gasteiger partial charge in [-0.2, -0.15) is 0 Å². The van der Waals surface area contributed by atoms with Gasteiger partial charge in [-0.3, -0.25) is 15.0 Å². The van der Waals surface area contributed by atoms with Crippen molar-refractivity contribution in [3.8, 4) is 33.4 Å². The van der Waals surface area contributed by atoms with Crippen LogP contribution >= 0.6 is 0 Å². The molecule has 0 atom stereocenters. The average Bonchev–Trinajstić information content (AvgIpc) is 2.70. The molecule has 4 rings (SSSR count). The summed E-state index contributed by atoms with van der Waals surface area (Å²) in [5, 5.41) is 0. The zero-order valence-electron chi connectivity index (χ0n) is 13.0. The number of nitrogens with zero attached hydrogens (tertiary/aromatic N) is 3. The molecule has 3 aromatic heterocycles. The number of hydrogen-bond donors (Lipinski definition) is 0. The third-order valence-electron chi connectivity index (χ3n) is 3.92. The number of benzene rings is 1. The molecule has 114 valence electrons. The van der Waals surface area contributed by atoms with E-state index in [2.05, 4.69) is 51.4 Å². The molecule has 3 nitrogen and oxygen atoms in total. The van der Waals surface area contributed by atoms with Gasteiger partial charge in [0.15, 0.2) is 0 Å². The fourth-order valence-corrected chi connectivity index (χ4v) is 2.73. The standard InChI is InChI=1S/C21H15N3/c1-4-16(13-22-7-1)19-10-20(17-5-2-8-23-14-17)12-21(11-19)18-6-3-9-24-15-18/h1-15H. The molecule has 0 spiro atoms. The highest BCUT2D eigenvalue weighted by atomic mass is 14.6. The van der Waals surface area contributed by atoms with Gasteiger partial charge in [0.05, 0.1) is 0 Å². The van der Waals surface area contributed by atoms with E-state index in [1.165, 1.54) is 0 Å². The van der Waals surface area contributed by atoms with Gasteiger partial charge in [0.1, 0.15) is 0 Å². The first-order chi connectivity index (χ1) is 11.9. The van der Waals surface area contributed by atoms with Crippen LogP contribution in [0.1, 0.15) is 0 Å². The lowest BCUT2D eigenvalue weighted by atomic mass is 9.95. The summed E-state index contributed by atoms with van der Waals surface area (Å²) < 4.78 is 0. The summed E-state index contributed by atoms with van der Waals surface area (Å²) in [6.07, 6.45) is 11.0. The average molecular weight is 309 g/mol. The third-order valence-corrected chi connectivity index (χ3v) is 3.92. The topological polar surface area (TPSA) is 38.7 Å². The molecule has 0 fully saturated rings. The van der Waals surface area contributed by atoms with E-state index >= 15 is 0 Å². The summed E-state index contributed by atoms with van der Waals surface area (Å²) in [7, 11) is 0. The predicted octanol–water partition coefficient (Wildman–Crippen LogP) is 4.87. The van der Waals surface area contributed by atoms with E-state index in [0.29, 0.717) is 0 Å². The third kappa shape index (κ3) is 2.92. The highest BCUT2D eigenvalue weighted by Crippen LogP contribution is 2.31. The minimum atomic E-state index is 1.09. The number of hydrogen-bond acceptors (Lipinski definition) is 3. The fourth-order valence-electron chi connectivity index (χ4n) is 2.73. The predicted molar refractivity (Wildman–Crippen MR) is 96.1 cm³/mol. The number of pyridine rings is 3. The summed E-state index contributed by atoms with van der Waals surface area (Å²) in [5.74, 6) is 0. The molecule has 4 aromatic rings. The minimum Gasteiger partial charge on any atom is -0.264 e. The lowest BCUT2D eigenvalue weighted by molar-refractivity contribution is 1.32. The summed E-state index contributed by atoms with van der Waals surface area (Å²) in [4.78, 5) is 12.7. The van der Waals surface area contributed by atoms with Gasteiger partial charge in [-0.15, -0.1) is 0 Å². The van der Waals surface area contributed by atoms with Crippen molar-refractivity contribution in [3.63, 3.8) is 0 Å². The molecule has 1 aromatic carbocycles. The smallest absolute Gasteiger partial charge is 0.0346 e. The van der Waals surface area contributed by atoms with Crippen molar-refractivity contribution >= 4 is 0 Å². The lowest BCUT2D eigenvalue weighted by Gasteiger charge is -2.10. The minimum absolute atomic E-state index is 1.09. The van der Waals surface area contributed by atoms with Crippen molar-refractivity contribution in [2.24, 2.45) is 0 Å². The normalized spacial score (nSPS) is 10.5. The van der Waals surface area contributed by atoms with Crippen molar-refractivity contribution in [2.75, 3.05) is 0 Å². The number of aromatic nitrogens is 3. The van der Waals surface area contributed by atoms with Crippen LogP contribution in [0.2, 0.25) is 0 Å². The maximum absolute atomic E-state index is 4.24. The lowest BCUT2D eigenvalue weighted by Crippen LogP contribution is -1.87. The largest absolute Gasteiger partial charge is 0.264 e. The van der Waals surface area contributed by atoms with Crippen LogP contribution in [-0.2, 0) is 0 Å². The van der Waals surface area contributed by atoms with Gasteiger partial charge >= 0.3 is 0 Å². The Bertz CT molecular complexity index is 797. The SMILES string of the molecule is c1cncc(-c2cc(-c3cccnc3)cc(-c3cccnc3)c2)c1. The van der Waals surface area contributed by atoms with Crippen molar-refractivity contribution in [2.45, 2.75) is 0 Å². The second-order valence-corrected chi connectivity index (χ2v) is 5.52. The molecule has 0 saturated carbocycles. The molecule has 0 aliphatic heterocycles. The van der Waals surface area contributed by atoms with Crippen molar-refractivity contribution in [3.05, 3.63) is 91.8 Å². The van der Waals surface area contributed by atoms with Crippen LogP contribution in [0, 0.1) is 0 Å². The van der Waals surface area contributed by atoms with Gasteiger partial charge in [0, 0.05) is 53.9 Å². The van der Waals surface area contributed by atoms with E-state index in [1.807, 2.05) is 36.8 Å². The van der Waals surface area contributed by atoms with E-state index < -0.39 is 0 Å². The second kappa shape index (κ2) is 6.42. The van der Waals surface area contributed by atoms with Crippen LogP contribution in [-0.4, -0.2) is 15.0 Å². The van der Waals surface area contributed by atoms with Crippen molar-refractivity contribution in [1.29, 1.82) is 0 Å². The van der Waals surface area contributed by atoms with Gasteiger partial charge in [0.2, 0.25) is 0 Å². The van der Waals surface area contributed by atoms with Crippen molar-refractivity contribution in [1.82, 2.24) is 15.0 Å². The quantitative estimate of drug-likeness (QED) is 0.542. The van der Waals surface area contributed by atoms with Gasteiger partial charge in [0.25, 0.3) is 0 Å². The summed E-state index contributed by atoms with van der Waals surface area (Å²) >= 11 is 0. The maximum Gasteiger partial charge on any atom is 0.0346 e. The first kappa shape index (κ1) is 14.3. The Kier molecular flexibility index (Phi) is 3.82. The van der Waals surface area contributed by atoms with Crippen LogP contribution in [0.3, 0.4) is 0 Å².